The predicted molar refractivity (Wildman–Crippen MR) is 73.6 cm³/mol. The maximum Gasteiger partial charge on any atom is 0.419 e. The quantitative estimate of drug-likeness (QED) is 0.833. The summed E-state index contributed by atoms with van der Waals surface area (Å²) in [6, 6.07) is 1.26. The second-order valence-electron chi connectivity index (χ2n) is 6.01. The molecule has 0 radical (unpaired) electrons. The third-order valence-electron chi connectivity index (χ3n) is 4.07. The molecule has 0 bridgehead atoms. The van der Waals surface area contributed by atoms with Crippen LogP contribution in [0.1, 0.15) is 37.4 Å². The molecule has 118 valence electrons. The summed E-state index contributed by atoms with van der Waals surface area (Å²) in [6.45, 7) is 3.21. The Kier molecular flexibility index (Phi) is 3.72. The number of nitrogens with two attached hydrogens (primary N) is 1. The van der Waals surface area contributed by atoms with Crippen molar-refractivity contribution < 1.29 is 23.0 Å². The lowest BCUT2D eigenvalue weighted by Gasteiger charge is -2.47. The van der Waals surface area contributed by atoms with Gasteiger partial charge in [0.2, 0.25) is 0 Å². The summed E-state index contributed by atoms with van der Waals surface area (Å²) in [5.41, 5.74) is 2.47. The van der Waals surface area contributed by atoms with Crippen molar-refractivity contribution in [3.05, 3.63) is 28.3 Å². The van der Waals surface area contributed by atoms with Gasteiger partial charge in [-0.15, -0.1) is 0 Å². The molecule has 0 saturated carbocycles. The van der Waals surface area contributed by atoms with Crippen LogP contribution in [0, 0.1) is 0 Å². The maximum absolute atomic E-state index is 13.3. The lowest BCUT2D eigenvalue weighted by molar-refractivity contribution is -0.278. The molecule has 1 aromatic carbocycles. The summed E-state index contributed by atoms with van der Waals surface area (Å²) in [7, 11) is 1.40. The van der Waals surface area contributed by atoms with E-state index in [1.165, 1.54) is 19.2 Å². The molecule has 3 nitrogen and oxygen atoms in total. The van der Waals surface area contributed by atoms with Gasteiger partial charge in [0.15, 0.2) is 5.60 Å². The highest BCUT2D eigenvalue weighted by Gasteiger charge is 2.63. The number of fused-ring (bicyclic) bond motifs is 1. The van der Waals surface area contributed by atoms with Crippen molar-refractivity contribution in [2.45, 2.75) is 43.5 Å². The van der Waals surface area contributed by atoms with Crippen molar-refractivity contribution in [2.75, 3.05) is 7.11 Å². The molecule has 1 aromatic rings. The highest BCUT2D eigenvalue weighted by molar-refractivity contribution is 6.32. The van der Waals surface area contributed by atoms with Crippen molar-refractivity contribution in [1.82, 2.24) is 0 Å². The normalized spacial score (nSPS) is 28.1. The molecular weight excluding hydrogens is 307 g/mol. The minimum absolute atomic E-state index is 0.201. The van der Waals surface area contributed by atoms with Gasteiger partial charge in [0.1, 0.15) is 5.75 Å². The fourth-order valence-electron chi connectivity index (χ4n) is 3.14. The number of aliphatic hydroxyl groups is 1. The molecular formula is C14H17ClF3NO2. The third-order valence-corrected chi connectivity index (χ3v) is 4.37. The van der Waals surface area contributed by atoms with Crippen molar-refractivity contribution in [2.24, 2.45) is 5.73 Å². The monoisotopic (exact) mass is 323 g/mol. The van der Waals surface area contributed by atoms with E-state index in [9.17, 15) is 18.3 Å². The first-order valence-corrected chi connectivity index (χ1v) is 6.75. The molecule has 1 aliphatic carbocycles. The number of benzene rings is 1. The Morgan fingerprint density at radius 3 is 2.43 bits per heavy atom. The van der Waals surface area contributed by atoms with Gasteiger partial charge in [-0.1, -0.05) is 31.5 Å². The van der Waals surface area contributed by atoms with E-state index in [1.807, 2.05) is 0 Å². The number of rotatable bonds is 1. The van der Waals surface area contributed by atoms with Crippen LogP contribution in [0.5, 0.6) is 5.75 Å². The predicted octanol–water partition coefficient (Wildman–Crippen LogP) is 3.32. The summed E-state index contributed by atoms with van der Waals surface area (Å²) < 4.78 is 45.1. The van der Waals surface area contributed by atoms with Crippen LogP contribution in [0.2, 0.25) is 5.02 Å². The summed E-state index contributed by atoms with van der Waals surface area (Å²) in [5, 5.41) is 10.5. The summed E-state index contributed by atoms with van der Waals surface area (Å²) in [4.78, 5) is 0. The average Bonchev–Trinajstić information content (AvgIpc) is 2.34. The van der Waals surface area contributed by atoms with E-state index in [-0.39, 0.29) is 5.56 Å². The molecule has 3 N–H and O–H groups in total. The van der Waals surface area contributed by atoms with Crippen LogP contribution in [0.3, 0.4) is 0 Å². The average molecular weight is 324 g/mol. The molecule has 0 fully saturated rings. The Labute approximate surface area is 125 Å². The van der Waals surface area contributed by atoms with Gasteiger partial charge in [0.05, 0.1) is 18.2 Å². The largest absolute Gasteiger partial charge is 0.495 e. The fraction of sp³-hybridized carbons (Fsp3) is 0.571. The second-order valence-corrected chi connectivity index (χ2v) is 6.41. The molecule has 7 heteroatoms. The maximum atomic E-state index is 13.3. The summed E-state index contributed by atoms with van der Waals surface area (Å²) in [5.74, 6) is 0.304. The van der Waals surface area contributed by atoms with Crippen LogP contribution in [0.4, 0.5) is 13.2 Å². The summed E-state index contributed by atoms with van der Waals surface area (Å²) >= 11 is 6.05. The van der Waals surface area contributed by atoms with Gasteiger partial charge in [0.25, 0.3) is 0 Å². The topological polar surface area (TPSA) is 55.5 Å². The summed E-state index contributed by atoms with van der Waals surface area (Å²) in [6.07, 6.45) is -5.39. The molecule has 2 rings (SSSR count). The first kappa shape index (κ1) is 16.4. The first-order chi connectivity index (χ1) is 9.45. The number of halogens is 4. The molecule has 0 saturated heterocycles. The van der Waals surface area contributed by atoms with Crippen LogP contribution in [0.15, 0.2) is 12.1 Å². The SMILES string of the molecule is COc1c(Cl)ccc2c1C(C)(C)CC(O)(C(F)(F)F)C2N. The van der Waals surface area contributed by atoms with Crippen LogP contribution in [-0.4, -0.2) is 24.0 Å². The Morgan fingerprint density at radius 2 is 1.95 bits per heavy atom. The smallest absolute Gasteiger partial charge is 0.419 e. The molecule has 21 heavy (non-hydrogen) atoms. The molecule has 0 heterocycles. The fourth-order valence-corrected chi connectivity index (χ4v) is 3.37. The van der Waals surface area contributed by atoms with Gasteiger partial charge < -0.3 is 15.6 Å². The van der Waals surface area contributed by atoms with E-state index in [2.05, 4.69) is 0 Å². The van der Waals surface area contributed by atoms with Crippen LogP contribution < -0.4 is 10.5 Å². The Morgan fingerprint density at radius 1 is 1.38 bits per heavy atom. The van der Waals surface area contributed by atoms with Crippen LogP contribution >= 0.6 is 11.6 Å². The minimum atomic E-state index is -4.83. The van der Waals surface area contributed by atoms with E-state index in [1.54, 1.807) is 13.8 Å². The van der Waals surface area contributed by atoms with Gasteiger partial charge in [-0.25, -0.2) is 0 Å². The zero-order valence-electron chi connectivity index (χ0n) is 11.9. The standard InChI is InChI=1S/C14H17ClF3NO2/c1-12(2)6-13(20,14(16,17)18)11(19)7-4-5-8(15)10(21-3)9(7)12/h4-5,11,20H,6,19H2,1-3H3. The van der Waals surface area contributed by atoms with Gasteiger partial charge in [-0.05, 0) is 23.5 Å². The third kappa shape index (κ3) is 2.29. The Hall–Kier alpha value is -0.980. The van der Waals surface area contributed by atoms with Crippen molar-refractivity contribution in [1.29, 1.82) is 0 Å². The van der Waals surface area contributed by atoms with E-state index in [4.69, 9.17) is 22.1 Å². The molecule has 0 aromatic heterocycles. The first-order valence-electron chi connectivity index (χ1n) is 6.37. The highest BCUT2D eigenvalue weighted by Crippen LogP contribution is 2.55. The van der Waals surface area contributed by atoms with Crippen LogP contribution in [0.25, 0.3) is 0 Å². The minimum Gasteiger partial charge on any atom is -0.495 e. The lowest BCUT2D eigenvalue weighted by Crippen LogP contribution is -2.59. The van der Waals surface area contributed by atoms with E-state index < -0.39 is 29.7 Å². The van der Waals surface area contributed by atoms with Gasteiger partial charge >= 0.3 is 6.18 Å². The molecule has 2 unspecified atom stereocenters. The molecule has 1 aliphatic rings. The molecule has 0 amide bonds. The molecule has 0 spiro atoms. The number of ether oxygens (including phenoxy) is 1. The van der Waals surface area contributed by atoms with Crippen molar-refractivity contribution in [3.63, 3.8) is 0 Å². The Balaban J connectivity index is 2.74. The van der Waals surface area contributed by atoms with Crippen LogP contribution in [-0.2, 0) is 5.41 Å². The number of alkyl halides is 3. The lowest BCUT2D eigenvalue weighted by atomic mass is 9.63. The highest BCUT2D eigenvalue weighted by atomic mass is 35.5. The zero-order valence-corrected chi connectivity index (χ0v) is 12.6. The number of hydrogen-bond donors (Lipinski definition) is 2. The van der Waals surface area contributed by atoms with E-state index >= 15 is 0 Å². The van der Waals surface area contributed by atoms with E-state index in [0.717, 1.165) is 0 Å². The number of methoxy groups -OCH3 is 1. The molecule has 2 atom stereocenters. The van der Waals surface area contributed by atoms with Gasteiger partial charge in [-0.2, -0.15) is 13.2 Å². The van der Waals surface area contributed by atoms with Crippen molar-refractivity contribution in [3.8, 4) is 5.75 Å². The zero-order chi connectivity index (χ0) is 16.2. The molecule has 0 aliphatic heterocycles. The second kappa shape index (κ2) is 4.76. The number of hydrogen-bond acceptors (Lipinski definition) is 3. The van der Waals surface area contributed by atoms with Gasteiger partial charge in [0, 0.05) is 5.56 Å². The Bertz CT molecular complexity index is 574. The van der Waals surface area contributed by atoms with E-state index in [0.29, 0.717) is 16.3 Å². The van der Waals surface area contributed by atoms with Gasteiger partial charge in [-0.3, -0.25) is 0 Å². The van der Waals surface area contributed by atoms with Crippen molar-refractivity contribution >= 4 is 11.6 Å².